The smallest absolute Gasteiger partial charge is 0.150 e. The van der Waals surface area contributed by atoms with E-state index < -0.39 is 9.84 Å². The molecule has 0 spiro atoms. The predicted octanol–water partition coefficient (Wildman–Crippen LogP) is 2.23. The summed E-state index contributed by atoms with van der Waals surface area (Å²) in [5, 5.41) is 0. The highest BCUT2D eigenvalue weighted by Crippen LogP contribution is 2.30. The van der Waals surface area contributed by atoms with Gasteiger partial charge in [-0.2, -0.15) is 0 Å². The number of hydrogen-bond donors (Lipinski definition) is 1. The summed E-state index contributed by atoms with van der Waals surface area (Å²) >= 11 is 0. The number of fused-ring (bicyclic) bond motifs is 1. The molecule has 0 aliphatic heterocycles. The molecule has 0 heterocycles. The number of ether oxygens (including phenoxy) is 1. The molecule has 4 nitrogen and oxygen atoms in total. The van der Waals surface area contributed by atoms with E-state index in [9.17, 15) is 8.42 Å². The van der Waals surface area contributed by atoms with Gasteiger partial charge < -0.3 is 10.5 Å². The molecule has 2 rings (SSSR count). The van der Waals surface area contributed by atoms with Crippen LogP contribution >= 0.6 is 0 Å². The maximum Gasteiger partial charge on any atom is 0.150 e. The van der Waals surface area contributed by atoms with Crippen LogP contribution < -0.4 is 10.5 Å². The first-order valence-corrected chi connectivity index (χ1v) is 9.05. The molecule has 20 heavy (non-hydrogen) atoms. The van der Waals surface area contributed by atoms with Crippen molar-refractivity contribution in [2.75, 3.05) is 18.1 Å². The van der Waals surface area contributed by atoms with Crippen LogP contribution in [0.5, 0.6) is 5.75 Å². The molecule has 0 amide bonds. The van der Waals surface area contributed by atoms with Gasteiger partial charge in [0.15, 0.2) is 0 Å². The van der Waals surface area contributed by atoms with Crippen molar-refractivity contribution < 1.29 is 13.2 Å². The summed E-state index contributed by atoms with van der Waals surface area (Å²) in [6, 6.07) is 6.13. The maximum atomic E-state index is 11.4. The summed E-state index contributed by atoms with van der Waals surface area (Å²) in [5.74, 6) is 1.17. The molecule has 2 N–H and O–H groups in total. The van der Waals surface area contributed by atoms with E-state index >= 15 is 0 Å². The predicted molar refractivity (Wildman–Crippen MR) is 80.7 cm³/mol. The molecule has 112 valence electrons. The second kappa shape index (κ2) is 6.59. The molecule has 5 heteroatoms. The van der Waals surface area contributed by atoms with Crippen molar-refractivity contribution in [2.24, 2.45) is 5.73 Å². The molecule has 0 radical (unpaired) electrons. The van der Waals surface area contributed by atoms with Crippen LogP contribution in [0.15, 0.2) is 18.2 Å². The second-order valence-corrected chi connectivity index (χ2v) is 7.77. The lowest BCUT2D eigenvalue weighted by molar-refractivity contribution is 0.316. The Morgan fingerprint density at radius 3 is 2.95 bits per heavy atom. The van der Waals surface area contributed by atoms with E-state index in [4.69, 9.17) is 10.5 Å². The highest BCUT2D eigenvalue weighted by atomic mass is 32.2. The van der Waals surface area contributed by atoms with Crippen molar-refractivity contribution in [2.45, 2.75) is 38.6 Å². The molecule has 1 aliphatic carbocycles. The normalized spacial score (nSPS) is 18.6. The number of hydrogen-bond acceptors (Lipinski definition) is 4. The van der Waals surface area contributed by atoms with Crippen molar-refractivity contribution >= 4 is 9.84 Å². The minimum absolute atomic E-state index is 0.0998. The molecule has 1 aromatic carbocycles. The molecule has 1 aromatic rings. The van der Waals surface area contributed by atoms with Gasteiger partial charge in [0.25, 0.3) is 0 Å². The Balaban J connectivity index is 1.89. The lowest BCUT2D eigenvalue weighted by Crippen LogP contribution is -2.17. The van der Waals surface area contributed by atoms with Gasteiger partial charge in [-0.3, -0.25) is 0 Å². The van der Waals surface area contributed by atoms with Crippen LogP contribution in [-0.2, 0) is 16.3 Å². The third kappa shape index (κ3) is 3.96. The lowest BCUT2D eigenvalue weighted by Gasteiger charge is -2.22. The number of benzene rings is 1. The van der Waals surface area contributed by atoms with Gasteiger partial charge in [0.1, 0.15) is 15.6 Å². The average molecular weight is 297 g/mol. The fourth-order valence-corrected chi connectivity index (χ4v) is 3.36. The third-order valence-corrected chi connectivity index (χ3v) is 5.58. The van der Waals surface area contributed by atoms with Crippen molar-refractivity contribution in [3.8, 4) is 5.75 Å². The van der Waals surface area contributed by atoms with E-state index in [1.165, 1.54) is 11.1 Å². The van der Waals surface area contributed by atoms with Gasteiger partial charge in [-0.1, -0.05) is 13.0 Å². The minimum Gasteiger partial charge on any atom is -0.494 e. The van der Waals surface area contributed by atoms with E-state index in [2.05, 4.69) is 6.07 Å². The molecule has 0 bridgehead atoms. The fourth-order valence-electron chi connectivity index (χ4n) is 2.52. The lowest BCUT2D eigenvalue weighted by atomic mass is 9.88. The Bertz CT molecular complexity index is 554. The quantitative estimate of drug-likeness (QED) is 0.817. The van der Waals surface area contributed by atoms with Gasteiger partial charge in [0.2, 0.25) is 0 Å². The maximum absolute atomic E-state index is 11.4. The minimum atomic E-state index is -2.90. The van der Waals surface area contributed by atoms with Crippen LogP contribution in [0.25, 0.3) is 0 Å². The molecule has 1 aliphatic rings. The van der Waals surface area contributed by atoms with Crippen LogP contribution in [0.4, 0.5) is 0 Å². The summed E-state index contributed by atoms with van der Waals surface area (Å²) in [6.45, 7) is 2.09. The largest absolute Gasteiger partial charge is 0.494 e. The van der Waals surface area contributed by atoms with E-state index in [-0.39, 0.29) is 17.5 Å². The van der Waals surface area contributed by atoms with Crippen LogP contribution in [-0.4, -0.2) is 26.5 Å². The van der Waals surface area contributed by atoms with Gasteiger partial charge in [0, 0.05) is 11.8 Å². The molecular weight excluding hydrogens is 274 g/mol. The average Bonchev–Trinajstić information content (AvgIpc) is 2.44. The van der Waals surface area contributed by atoms with Crippen molar-refractivity contribution in [3.63, 3.8) is 0 Å². The van der Waals surface area contributed by atoms with Crippen molar-refractivity contribution in [1.82, 2.24) is 0 Å². The summed E-state index contributed by atoms with van der Waals surface area (Å²) < 4.78 is 28.4. The molecule has 0 saturated heterocycles. The molecular formula is C15H23NO3S. The molecule has 0 unspecified atom stereocenters. The first-order valence-electron chi connectivity index (χ1n) is 7.23. The highest BCUT2D eigenvalue weighted by Gasteiger charge is 2.17. The first-order chi connectivity index (χ1) is 9.52. The van der Waals surface area contributed by atoms with Crippen LogP contribution in [0.1, 0.15) is 43.4 Å². The standard InChI is InChI=1S/C15H23NO3S/c1-2-20(17,18)10-4-9-19-13-8-7-12-5-3-6-15(16)14(12)11-13/h7-8,11,15H,2-6,9-10,16H2,1H3/t15-/m1/s1. The summed E-state index contributed by atoms with van der Waals surface area (Å²) in [7, 11) is -2.90. The highest BCUT2D eigenvalue weighted by molar-refractivity contribution is 7.91. The Morgan fingerprint density at radius 1 is 1.40 bits per heavy atom. The molecule has 0 saturated carbocycles. The van der Waals surface area contributed by atoms with E-state index in [1.807, 2.05) is 12.1 Å². The summed E-state index contributed by atoms with van der Waals surface area (Å²) in [5.41, 5.74) is 8.60. The fraction of sp³-hybridized carbons (Fsp3) is 0.600. The van der Waals surface area contributed by atoms with E-state index in [0.717, 1.165) is 25.0 Å². The zero-order valence-corrected chi connectivity index (χ0v) is 12.8. The van der Waals surface area contributed by atoms with Crippen LogP contribution in [0, 0.1) is 0 Å². The number of aryl methyl sites for hydroxylation is 1. The van der Waals surface area contributed by atoms with Crippen molar-refractivity contribution in [3.05, 3.63) is 29.3 Å². The monoisotopic (exact) mass is 297 g/mol. The van der Waals surface area contributed by atoms with Crippen LogP contribution in [0.2, 0.25) is 0 Å². The molecule has 0 fully saturated rings. The number of nitrogens with two attached hydrogens (primary N) is 1. The summed E-state index contributed by atoms with van der Waals surface area (Å²) in [6.07, 6.45) is 3.77. The topological polar surface area (TPSA) is 69.4 Å². The molecule has 0 aromatic heterocycles. The molecule has 1 atom stereocenters. The number of sulfone groups is 1. The SMILES string of the molecule is CCS(=O)(=O)CCCOc1ccc2c(c1)[C@H](N)CCC2. The third-order valence-electron chi connectivity index (χ3n) is 3.79. The Labute approximate surface area is 121 Å². The zero-order valence-electron chi connectivity index (χ0n) is 12.0. The van der Waals surface area contributed by atoms with Crippen molar-refractivity contribution in [1.29, 1.82) is 0 Å². The van der Waals surface area contributed by atoms with Gasteiger partial charge in [-0.15, -0.1) is 0 Å². The van der Waals surface area contributed by atoms with Gasteiger partial charge in [0.05, 0.1) is 12.4 Å². The van der Waals surface area contributed by atoms with E-state index in [1.54, 1.807) is 6.92 Å². The Morgan fingerprint density at radius 2 is 2.20 bits per heavy atom. The second-order valence-electron chi connectivity index (χ2n) is 5.30. The van der Waals surface area contributed by atoms with Crippen LogP contribution in [0.3, 0.4) is 0 Å². The Kier molecular flexibility index (Phi) is 5.05. The zero-order chi connectivity index (χ0) is 14.6. The first kappa shape index (κ1) is 15.3. The Hall–Kier alpha value is -1.07. The van der Waals surface area contributed by atoms with Gasteiger partial charge in [-0.25, -0.2) is 8.42 Å². The number of rotatable bonds is 6. The van der Waals surface area contributed by atoms with E-state index in [0.29, 0.717) is 13.0 Å². The van der Waals surface area contributed by atoms with Gasteiger partial charge >= 0.3 is 0 Å². The van der Waals surface area contributed by atoms with Gasteiger partial charge in [-0.05, 0) is 48.9 Å². The summed E-state index contributed by atoms with van der Waals surface area (Å²) in [4.78, 5) is 0.